The molecule has 3 aromatic heterocycles. The van der Waals surface area contributed by atoms with Gasteiger partial charge in [-0.25, -0.2) is 19.9 Å². The summed E-state index contributed by atoms with van der Waals surface area (Å²) < 4.78 is 2.36. The third kappa shape index (κ3) is 10.2. The van der Waals surface area contributed by atoms with Crippen molar-refractivity contribution in [2.75, 3.05) is 4.90 Å². The van der Waals surface area contributed by atoms with Crippen molar-refractivity contribution in [2.45, 2.75) is 0 Å². The lowest BCUT2D eigenvalue weighted by Crippen LogP contribution is -2.09. The highest BCUT2D eigenvalue weighted by molar-refractivity contribution is 6.10. The summed E-state index contributed by atoms with van der Waals surface area (Å²) in [6.07, 6.45) is 0. The van der Waals surface area contributed by atoms with Gasteiger partial charge < -0.3 is 9.47 Å². The van der Waals surface area contributed by atoms with E-state index in [-0.39, 0.29) is 0 Å². The van der Waals surface area contributed by atoms with Gasteiger partial charge in [0.15, 0.2) is 11.6 Å². The first kappa shape index (κ1) is 51.3. The molecule has 0 aliphatic rings. The highest BCUT2D eigenvalue weighted by atomic mass is 15.1. The van der Waals surface area contributed by atoms with E-state index in [9.17, 15) is 0 Å². The lowest BCUT2D eigenvalue weighted by molar-refractivity contribution is 1.17. The van der Waals surface area contributed by atoms with E-state index in [0.717, 1.165) is 107 Å². The molecule has 0 fully saturated rings. The molecule has 15 aromatic rings. The maximum Gasteiger partial charge on any atom is 0.160 e. The second-order valence-electron chi connectivity index (χ2n) is 21.4. The van der Waals surface area contributed by atoms with Crippen LogP contribution in [-0.4, -0.2) is 24.5 Å². The molecule has 0 amide bonds. The van der Waals surface area contributed by atoms with Gasteiger partial charge in [-0.2, -0.15) is 0 Å². The first-order valence-electron chi connectivity index (χ1n) is 29.0. The summed E-state index contributed by atoms with van der Waals surface area (Å²) in [6.45, 7) is 0. The molecule has 15 rings (SSSR count). The van der Waals surface area contributed by atoms with Crippen molar-refractivity contribution in [1.29, 1.82) is 0 Å². The van der Waals surface area contributed by atoms with Crippen molar-refractivity contribution >= 4 is 38.9 Å². The minimum atomic E-state index is 0.606. The average molecular weight is 1100 g/mol. The molecule has 0 saturated carbocycles. The predicted octanol–water partition coefficient (Wildman–Crippen LogP) is 20.8. The smallest absolute Gasteiger partial charge is 0.160 e. The summed E-state index contributed by atoms with van der Waals surface area (Å²) in [5.41, 5.74) is 22.4. The van der Waals surface area contributed by atoms with Crippen LogP contribution >= 0.6 is 0 Å². The third-order valence-electron chi connectivity index (χ3n) is 16.0. The topological polar surface area (TPSA) is 59.7 Å². The van der Waals surface area contributed by atoms with E-state index in [2.05, 4.69) is 264 Å². The molecule has 0 N–H and O–H groups in total. The van der Waals surface area contributed by atoms with Crippen LogP contribution < -0.4 is 4.90 Å². The fraction of sp³-hybridized carbons (Fsp3) is 0. The number of aromatic nitrogens is 5. The van der Waals surface area contributed by atoms with Crippen LogP contribution in [0.25, 0.3) is 129 Å². The van der Waals surface area contributed by atoms with Crippen LogP contribution in [-0.2, 0) is 0 Å². The summed E-state index contributed by atoms with van der Waals surface area (Å²) >= 11 is 0. The molecule has 6 nitrogen and oxygen atoms in total. The molecule has 0 aliphatic carbocycles. The zero-order valence-electron chi connectivity index (χ0n) is 46.9. The molecule has 0 atom stereocenters. The molecule has 0 spiro atoms. The second kappa shape index (κ2) is 22.6. The normalized spacial score (nSPS) is 11.3. The van der Waals surface area contributed by atoms with Gasteiger partial charge in [-0.1, -0.05) is 231 Å². The summed E-state index contributed by atoms with van der Waals surface area (Å²) in [6, 6.07) is 115. The Balaban J connectivity index is 0.780. The Hall–Kier alpha value is -11.6. The number of para-hydroxylation sites is 3. The lowest BCUT2D eigenvalue weighted by Gasteiger charge is -2.26. The van der Waals surface area contributed by atoms with E-state index in [1.54, 1.807) is 0 Å². The van der Waals surface area contributed by atoms with E-state index in [0.29, 0.717) is 11.6 Å². The van der Waals surface area contributed by atoms with Gasteiger partial charge in [-0.3, -0.25) is 0 Å². The van der Waals surface area contributed by atoms with Gasteiger partial charge in [0.2, 0.25) is 0 Å². The molecule has 6 heteroatoms. The Morgan fingerprint density at radius 1 is 0.209 bits per heavy atom. The molecule has 0 saturated heterocycles. The summed E-state index contributed by atoms with van der Waals surface area (Å²) in [7, 11) is 0. The van der Waals surface area contributed by atoms with Crippen molar-refractivity contribution in [1.82, 2.24) is 24.5 Å². The molecule has 0 bridgehead atoms. The van der Waals surface area contributed by atoms with Crippen LogP contribution in [0, 0.1) is 0 Å². The van der Waals surface area contributed by atoms with Crippen LogP contribution in [0.4, 0.5) is 17.1 Å². The molecule has 3 heterocycles. The lowest BCUT2D eigenvalue weighted by atomic mass is 9.96. The van der Waals surface area contributed by atoms with Gasteiger partial charge in [-0.15, -0.1) is 0 Å². The van der Waals surface area contributed by atoms with E-state index < -0.39 is 0 Å². The fourth-order valence-corrected chi connectivity index (χ4v) is 11.7. The Bertz CT molecular complexity index is 4600. The number of fused-ring (bicyclic) bond motifs is 3. The number of anilines is 3. The maximum atomic E-state index is 5.30. The highest BCUT2D eigenvalue weighted by Gasteiger charge is 2.19. The first-order valence-corrected chi connectivity index (χ1v) is 29.0. The summed E-state index contributed by atoms with van der Waals surface area (Å²) in [5, 5.41) is 2.47. The van der Waals surface area contributed by atoms with E-state index in [4.69, 9.17) is 19.9 Å². The van der Waals surface area contributed by atoms with E-state index in [1.165, 1.54) is 27.4 Å². The van der Waals surface area contributed by atoms with Crippen molar-refractivity contribution < 1.29 is 0 Å². The Morgan fingerprint density at radius 2 is 0.535 bits per heavy atom. The number of hydrogen-bond donors (Lipinski definition) is 0. The van der Waals surface area contributed by atoms with Crippen LogP contribution in [0.1, 0.15) is 0 Å². The number of rotatable bonds is 13. The predicted molar refractivity (Wildman–Crippen MR) is 356 cm³/mol. The van der Waals surface area contributed by atoms with Crippen LogP contribution in [0.15, 0.2) is 328 Å². The van der Waals surface area contributed by atoms with Gasteiger partial charge in [0.25, 0.3) is 0 Å². The van der Waals surface area contributed by atoms with E-state index in [1.807, 2.05) is 72.8 Å². The minimum absolute atomic E-state index is 0.606. The standard InChI is InChI=1S/C80H54N6/c1-7-21-59(22-8-1)73-53-74(60-23-9-2-10-24-60)82-79(81-73)65-49-64(50-66(51-65)80-83-75(61-25-11-3-12-26-61)54-76(84-80)62-27-13-4-14-28-62)58-37-35-55(36-38-58)56-39-44-69(45-40-56)85(67-29-15-5-16-30-67)70-46-41-57(42-47-70)63-43-48-78-72(52-63)71-33-19-20-34-77(71)86(78)68-31-17-6-18-32-68/h1-54H. The second-order valence-corrected chi connectivity index (χ2v) is 21.4. The molecular formula is C80H54N6. The Labute approximate surface area is 500 Å². The van der Waals surface area contributed by atoms with Gasteiger partial charge in [-0.05, 0) is 130 Å². The van der Waals surface area contributed by atoms with Crippen molar-refractivity contribution in [3.8, 4) is 107 Å². The largest absolute Gasteiger partial charge is 0.311 e. The summed E-state index contributed by atoms with van der Waals surface area (Å²) in [4.78, 5) is 23.5. The Kier molecular flexibility index (Phi) is 13.5. The van der Waals surface area contributed by atoms with Crippen molar-refractivity contribution in [3.63, 3.8) is 0 Å². The molecule has 12 aromatic carbocycles. The zero-order valence-corrected chi connectivity index (χ0v) is 46.9. The van der Waals surface area contributed by atoms with Crippen molar-refractivity contribution in [2.24, 2.45) is 0 Å². The average Bonchev–Trinajstić information content (AvgIpc) is 2.63. The molecule has 0 aliphatic heterocycles. The Morgan fingerprint density at radius 3 is 0.988 bits per heavy atom. The monoisotopic (exact) mass is 1100 g/mol. The van der Waals surface area contributed by atoms with Gasteiger partial charge in [0, 0.05) is 66.9 Å². The van der Waals surface area contributed by atoms with Gasteiger partial charge in [0.1, 0.15) is 0 Å². The minimum Gasteiger partial charge on any atom is -0.311 e. The number of hydrogen-bond acceptors (Lipinski definition) is 5. The SMILES string of the molecule is c1ccc(-c2cc(-c3ccccc3)nc(-c3cc(-c4ccc(-c5ccc(N(c6ccccc6)c6ccc(-c7ccc8c(c7)c7ccccc7n8-c7ccccc7)cc6)cc5)cc4)cc(-c4nc(-c5ccccc5)cc(-c5ccccc5)n4)c3)n2)cc1. The van der Waals surface area contributed by atoms with Crippen LogP contribution in [0.2, 0.25) is 0 Å². The quantitative estimate of drug-likeness (QED) is 0.115. The molecule has 0 radical (unpaired) electrons. The third-order valence-corrected chi connectivity index (χ3v) is 16.0. The van der Waals surface area contributed by atoms with E-state index >= 15 is 0 Å². The van der Waals surface area contributed by atoms with Crippen molar-refractivity contribution in [3.05, 3.63) is 328 Å². The van der Waals surface area contributed by atoms with Crippen LogP contribution in [0.3, 0.4) is 0 Å². The number of nitrogens with zero attached hydrogens (tertiary/aromatic N) is 6. The molecule has 0 unspecified atom stereocenters. The maximum absolute atomic E-state index is 5.30. The van der Waals surface area contributed by atoms with Gasteiger partial charge >= 0.3 is 0 Å². The summed E-state index contributed by atoms with van der Waals surface area (Å²) in [5.74, 6) is 1.21. The molecular weight excluding hydrogens is 1040 g/mol. The molecule has 404 valence electrons. The van der Waals surface area contributed by atoms with Crippen LogP contribution in [0.5, 0.6) is 0 Å². The van der Waals surface area contributed by atoms with Gasteiger partial charge in [0.05, 0.1) is 33.8 Å². The zero-order chi connectivity index (χ0) is 57.2. The fourth-order valence-electron chi connectivity index (χ4n) is 11.7. The number of benzene rings is 12. The first-order chi connectivity index (χ1) is 42.6. The molecule has 86 heavy (non-hydrogen) atoms. The highest BCUT2D eigenvalue weighted by Crippen LogP contribution is 2.41.